The van der Waals surface area contributed by atoms with Crippen molar-refractivity contribution in [2.45, 2.75) is 6.54 Å². The summed E-state index contributed by atoms with van der Waals surface area (Å²) in [6, 6.07) is 3.97. The SMILES string of the molecule is CN(CCN1CCNCC1)Cc1ccco1. The van der Waals surface area contributed by atoms with Gasteiger partial charge in [-0.1, -0.05) is 0 Å². The van der Waals surface area contributed by atoms with E-state index in [9.17, 15) is 0 Å². The maximum Gasteiger partial charge on any atom is 0.117 e. The summed E-state index contributed by atoms with van der Waals surface area (Å²) < 4.78 is 5.33. The predicted molar refractivity (Wildman–Crippen MR) is 64.4 cm³/mol. The Morgan fingerprint density at radius 2 is 2.25 bits per heavy atom. The van der Waals surface area contributed by atoms with Crippen LogP contribution in [0.4, 0.5) is 0 Å². The third kappa shape index (κ3) is 3.63. The van der Waals surface area contributed by atoms with Gasteiger partial charge in [0.2, 0.25) is 0 Å². The molecule has 0 amide bonds. The lowest BCUT2D eigenvalue weighted by atomic mass is 10.3. The molecule has 1 aliphatic rings. The lowest BCUT2D eigenvalue weighted by Crippen LogP contribution is -2.45. The van der Waals surface area contributed by atoms with Gasteiger partial charge in [0.15, 0.2) is 0 Å². The smallest absolute Gasteiger partial charge is 0.117 e. The zero-order chi connectivity index (χ0) is 11.2. The second-order valence-electron chi connectivity index (χ2n) is 4.41. The first-order chi connectivity index (χ1) is 7.84. The van der Waals surface area contributed by atoms with Crippen LogP contribution in [0.15, 0.2) is 22.8 Å². The van der Waals surface area contributed by atoms with Gasteiger partial charge >= 0.3 is 0 Å². The molecule has 0 aromatic carbocycles. The standard InChI is InChI=1S/C12H21N3O/c1-14(11-12-3-2-10-16-12)8-9-15-6-4-13-5-7-15/h2-3,10,13H,4-9,11H2,1H3. The Bertz CT molecular complexity index is 280. The first-order valence-electron chi connectivity index (χ1n) is 5.98. The summed E-state index contributed by atoms with van der Waals surface area (Å²) in [4.78, 5) is 4.82. The molecule has 0 radical (unpaired) electrons. The first-order valence-corrected chi connectivity index (χ1v) is 5.98. The summed E-state index contributed by atoms with van der Waals surface area (Å²) in [5, 5.41) is 3.37. The Hall–Kier alpha value is -0.840. The minimum absolute atomic E-state index is 0.902. The van der Waals surface area contributed by atoms with E-state index in [1.807, 2.05) is 12.1 Å². The molecule has 0 spiro atoms. The molecule has 1 aromatic rings. The lowest BCUT2D eigenvalue weighted by Gasteiger charge is -2.28. The largest absolute Gasteiger partial charge is 0.468 e. The highest BCUT2D eigenvalue weighted by atomic mass is 16.3. The van der Waals surface area contributed by atoms with Crippen LogP contribution in [0, 0.1) is 0 Å². The highest BCUT2D eigenvalue weighted by Gasteiger charge is 2.10. The second kappa shape index (κ2) is 6.03. The van der Waals surface area contributed by atoms with Crippen LogP contribution >= 0.6 is 0 Å². The number of furan rings is 1. The average Bonchev–Trinajstić information content (AvgIpc) is 2.81. The monoisotopic (exact) mass is 223 g/mol. The molecule has 90 valence electrons. The van der Waals surface area contributed by atoms with Gasteiger partial charge in [-0.05, 0) is 19.2 Å². The highest BCUT2D eigenvalue weighted by Crippen LogP contribution is 2.03. The molecule has 0 unspecified atom stereocenters. The van der Waals surface area contributed by atoms with Crippen LogP contribution in [0.1, 0.15) is 5.76 Å². The van der Waals surface area contributed by atoms with Crippen LogP contribution in [-0.2, 0) is 6.54 Å². The minimum atomic E-state index is 0.902. The Labute approximate surface area is 97.2 Å². The number of nitrogens with one attached hydrogen (secondary N) is 1. The van der Waals surface area contributed by atoms with E-state index in [0.717, 1.165) is 38.5 Å². The van der Waals surface area contributed by atoms with Crippen molar-refractivity contribution in [1.82, 2.24) is 15.1 Å². The molecular formula is C12H21N3O. The van der Waals surface area contributed by atoms with Crippen molar-refractivity contribution in [2.75, 3.05) is 46.3 Å². The molecule has 1 N–H and O–H groups in total. The number of likely N-dealkylation sites (N-methyl/N-ethyl adjacent to an activating group) is 1. The number of piperazine rings is 1. The van der Waals surface area contributed by atoms with Gasteiger partial charge in [0, 0.05) is 39.3 Å². The summed E-state index contributed by atoms with van der Waals surface area (Å²) in [5.74, 6) is 1.04. The third-order valence-electron chi connectivity index (χ3n) is 3.01. The van der Waals surface area contributed by atoms with Crippen LogP contribution in [-0.4, -0.2) is 56.1 Å². The van der Waals surface area contributed by atoms with Crippen LogP contribution in [0.25, 0.3) is 0 Å². The fraction of sp³-hybridized carbons (Fsp3) is 0.667. The van der Waals surface area contributed by atoms with E-state index in [-0.39, 0.29) is 0 Å². The zero-order valence-electron chi connectivity index (χ0n) is 9.98. The van der Waals surface area contributed by atoms with Crippen LogP contribution in [0.5, 0.6) is 0 Å². The van der Waals surface area contributed by atoms with Crippen LogP contribution < -0.4 is 5.32 Å². The van der Waals surface area contributed by atoms with E-state index in [1.165, 1.54) is 13.1 Å². The number of rotatable bonds is 5. The van der Waals surface area contributed by atoms with E-state index in [0.29, 0.717) is 0 Å². The van der Waals surface area contributed by atoms with Gasteiger partial charge in [-0.15, -0.1) is 0 Å². The quantitative estimate of drug-likeness (QED) is 0.793. The van der Waals surface area contributed by atoms with Crippen molar-refractivity contribution in [3.63, 3.8) is 0 Å². The molecule has 4 nitrogen and oxygen atoms in total. The van der Waals surface area contributed by atoms with Gasteiger partial charge in [0.1, 0.15) is 5.76 Å². The summed E-state index contributed by atoms with van der Waals surface area (Å²) in [7, 11) is 2.14. The fourth-order valence-electron chi connectivity index (χ4n) is 1.99. The molecule has 0 bridgehead atoms. The topological polar surface area (TPSA) is 31.6 Å². The fourth-order valence-corrected chi connectivity index (χ4v) is 1.99. The predicted octanol–water partition coefficient (Wildman–Crippen LogP) is 0.617. The minimum Gasteiger partial charge on any atom is -0.468 e. The molecule has 1 aliphatic heterocycles. The van der Waals surface area contributed by atoms with Crippen molar-refractivity contribution in [1.29, 1.82) is 0 Å². The van der Waals surface area contributed by atoms with Crippen molar-refractivity contribution in [3.05, 3.63) is 24.2 Å². The molecular weight excluding hydrogens is 202 g/mol. The number of hydrogen-bond acceptors (Lipinski definition) is 4. The molecule has 2 heterocycles. The van der Waals surface area contributed by atoms with Crippen molar-refractivity contribution >= 4 is 0 Å². The number of nitrogens with zero attached hydrogens (tertiary/aromatic N) is 2. The molecule has 0 atom stereocenters. The van der Waals surface area contributed by atoms with E-state index in [2.05, 4.69) is 22.2 Å². The van der Waals surface area contributed by atoms with Gasteiger partial charge in [-0.3, -0.25) is 9.80 Å². The Morgan fingerprint density at radius 3 is 2.94 bits per heavy atom. The molecule has 0 aliphatic carbocycles. The van der Waals surface area contributed by atoms with Crippen molar-refractivity contribution < 1.29 is 4.42 Å². The van der Waals surface area contributed by atoms with Crippen molar-refractivity contribution in [3.8, 4) is 0 Å². The van der Waals surface area contributed by atoms with Gasteiger partial charge in [-0.25, -0.2) is 0 Å². The molecule has 1 aromatic heterocycles. The zero-order valence-corrected chi connectivity index (χ0v) is 9.98. The Morgan fingerprint density at radius 1 is 1.44 bits per heavy atom. The lowest BCUT2D eigenvalue weighted by molar-refractivity contribution is 0.197. The van der Waals surface area contributed by atoms with Crippen LogP contribution in [0.2, 0.25) is 0 Å². The van der Waals surface area contributed by atoms with Gasteiger partial charge in [0.25, 0.3) is 0 Å². The number of hydrogen-bond donors (Lipinski definition) is 1. The summed E-state index contributed by atoms with van der Waals surface area (Å²) in [6.07, 6.45) is 1.74. The molecule has 4 heteroatoms. The van der Waals surface area contributed by atoms with Gasteiger partial charge in [-0.2, -0.15) is 0 Å². The second-order valence-corrected chi connectivity index (χ2v) is 4.41. The van der Waals surface area contributed by atoms with E-state index >= 15 is 0 Å². The molecule has 1 saturated heterocycles. The van der Waals surface area contributed by atoms with Crippen molar-refractivity contribution in [2.24, 2.45) is 0 Å². The summed E-state index contributed by atoms with van der Waals surface area (Å²) in [5.41, 5.74) is 0. The summed E-state index contributed by atoms with van der Waals surface area (Å²) >= 11 is 0. The highest BCUT2D eigenvalue weighted by molar-refractivity contribution is 4.97. The average molecular weight is 223 g/mol. The molecule has 2 rings (SSSR count). The molecule has 0 saturated carbocycles. The summed E-state index contributed by atoms with van der Waals surface area (Å²) in [6.45, 7) is 7.76. The molecule has 1 fully saturated rings. The maximum absolute atomic E-state index is 5.33. The first kappa shape index (κ1) is 11.6. The van der Waals surface area contributed by atoms with Gasteiger partial charge < -0.3 is 9.73 Å². The third-order valence-corrected chi connectivity index (χ3v) is 3.01. The van der Waals surface area contributed by atoms with E-state index < -0.39 is 0 Å². The van der Waals surface area contributed by atoms with E-state index in [1.54, 1.807) is 6.26 Å². The van der Waals surface area contributed by atoms with Gasteiger partial charge in [0.05, 0.1) is 12.8 Å². The molecule has 16 heavy (non-hydrogen) atoms. The Balaban J connectivity index is 1.65. The van der Waals surface area contributed by atoms with Crippen LogP contribution in [0.3, 0.4) is 0 Å². The normalized spacial score (nSPS) is 18.1. The van der Waals surface area contributed by atoms with E-state index in [4.69, 9.17) is 4.42 Å². The Kier molecular flexibility index (Phi) is 4.39. The maximum atomic E-state index is 5.33.